The first kappa shape index (κ1) is 40.5. The smallest absolute Gasteiger partial charge is 0.186 e. The zero-order chi connectivity index (χ0) is 39.4. The van der Waals surface area contributed by atoms with Crippen molar-refractivity contribution in [2.45, 2.75) is 94.4 Å². The minimum absolute atomic E-state index is 0.123. The summed E-state index contributed by atoms with van der Waals surface area (Å²) in [5.74, 6) is 0. The van der Waals surface area contributed by atoms with E-state index in [0.717, 1.165) is 27.8 Å². The monoisotopic (exact) mass is 788 g/mol. The molecule has 58 heavy (non-hydrogen) atoms. The Morgan fingerprint density at radius 3 is 1.52 bits per heavy atom. The summed E-state index contributed by atoms with van der Waals surface area (Å²) < 4.78 is 65.4. The van der Waals surface area contributed by atoms with Crippen molar-refractivity contribution in [3.8, 4) is 0 Å². The molecule has 10 heteroatoms. The highest BCUT2D eigenvalue weighted by atomic mass is 16.8. The average Bonchev–Trinajstić information content (AvgIpc) is 3.29. The summed E-state index contributed by atoms with van der Waals surface area (Å²) in [5, 5.41) is 0. The maximum absolute atomic E-state index is 6.78. The van der Waals surface area contributed by atoms with Crippen molar-refractivity contribution in [3.05, 3.63) is 179 Å². The zero-order valence-corrected chi connectivity index (χ0v) is 32.7. The van der Waals surface area contributed by atoms with E-state index in [1.807, 2.05) is 140 Å². The van der Waals surface area contributed by atoms with Gasteiger partial charge in [0.05, 0.1) is 45.7 Å². The summed E-state index contributed by atoms with van der Waals surface area (Å²) in [7, 11) is 1.62. The molecular formula is C48H52O10. The van der Waals surface area contributed by atoms with Crippen LogP contribution >= 0.6 is 0 Å². The molecule has 0 aromatic heterocycles. The van der Waals surface area contributed by atoms with Gasteiger partial charge in [-0.05, 0) is 22.3 Å². The van der Waals surface area contributed by atoms with Crippen LogP contribution in [0.3, 0.4) is 0 Å². The molecule has 0 bridgehead atoms. The van der Waals surface area contributed by atoms with Gasteiger partial charge in [-0.25, -0.2) is 0 Å². The SMILES string of the molecule is CO[C@H]1O[C@H](CO[C@H]2C[C@@H](OCc3ccccc3)[C@@H]3OC(c4ccccc4)OC[C@H]3O2)[C@@H](OCc2ccccc2)[C@H](OCc2ccccc2)[C@@H]1OCc1ccccc1. The lowest BCUT2D eigenvalue weighted by molar-refractivity contribution is -0.354. The molecule has 5 aromatic rings. The van der Waals surface area contributed by atoms with Crippen LogP contribution in [0.25, 0.3) is 0 Å². The van der Waals surface area contributed by atoms with Crippen molar-refractivity contribution in [2.75, 3.05) is 20.3 Å². The Morgan fingerprint density at radius 1 is 0.500 bits per heavy atom. The van der Waals surface area contributed by atoms with Crippen LogP contribution in [-0.4, -0.2) is 75.6 Å². The second-order valence-electron chi connectivity index (χ2n) is 14.7. The van der Waals surface area contributed by atoms with Crippen LogP contribution in [0.15, 0.2) is 152 Å². The Morgan fingerprint density at radius 2 is 0.983 bits per heavy atom. The van der Waals surface area contributed by atoms with Crippen LogP contribution in [0.1, 0.15) is 40.5 Å². The Hall–Kier alpha value is -4.30. The van der Waals surface area contributed by atoms with Crippen LogP contribution in [0.4, 0.5) is 0 Å². The average molecular weight is 789 g/mol. The van der Waals surface area contributed by atoms with Gasteiger partial charge >= 0.3 is 0 Å². The molecule has 3 aliphatic heterocycles. The maximum atomic E-state index is 6.78. The number of benzene rings is 5. The molecule has 0 N–H and O–H groups in total. The first-order valence-corrected chi connectivity index (χ1v) is 20.1. The van der Waals surface area contributed by atoms with E-state index in [2.05, 4.69) is 12.1 Å². The number of fused-ring (bicyclic) bond motifs is 1. The topological polar surface area (TPSA) is 92.3 Å². The summed E-state index contributed by atoms with van der Waals surface area (Å²) in [6.07, 6.45) is -5.06. The predicted molar refractivity (Wildman–Crippen MR) is 215 cm³/mol. The third-order valence-electron chi connectivity index (χ3n) is 10.7. The van der Waals surface area contributed by atoms with E-state index >= 15 is 0 Å². The van der Waals surface area contributed by atoms with Crippen molar-refractivity contribution in [3.63, 3.8) is 0 Å². The van der Waals surface area contributed by atoms with Crippen molar-refractivity contribution >= 4 is 0 Å². The lowest BCUT2D eigenvalue weighted by atomic mass is 9.97. The van der Waals surface area contributed by atoms with Gasteiger partial charge in [-0.2, -0.15) is 0 Å². The summed E-state index contributed by atoms with van der Waals surface area (Å²) >= 11 is 0. The van der Waals surface area contributed by atoms with Crippen LogP contribution in [0, 0.1) is 0 Å². The molecule has 0 radical (unpaired) electrons. The van der Waals surface area contributed by atoms with Crippen LogP contribution < -0.4 is 0 Å². The molecule has 10 atom stereocenters. The summed E-state index contributed by atoms with van der Waals surface area (Å²) in [4.78, 5) is 0. The third-order valence-corrected chi connectivity index (χ3v) is 10.7. The molecule has 3 fully saturated rings. The normalized spacial score (nSPS) is 28.4. The predicted octanol–water partition coefficient (Wildman–Crippen LogP) is 7.95. The lowest BCUT2D eigenvalue weighted by Crippen LogP contribution is -2.62. The molecule has 0 aliphatic carbocycles. The Labute approximate surface area is 340 Å². The van der Waals surface area contributed by atoms with Crippen molar-refractivity contribution < 1.29 is 47.4 Å². The number of hydrogen-bond donors (Lipinski definition) is 0. The molecule has 0 saturated carbocycles. The van der Waals surface area contributed by atoms with Gasteiger partial charge in [0.15, 0.2) is 18.9 Å². The van der Waals surface area contributed by atoms with Crippen molar-refractivity contribution in [1.29, 1.82) is 0 Å². The van der Waals surface area contributed by atoms with E-state index in [0.29, 0.717) is 39.5 Å². The molecule has 8 rings (SSSR count). The number of ether oxygens (including phenoxy) is 10. The molecular weight excluding hydrogens is 737 g/mol. The summed E-state index contributed by atoms with van der Waals surface area (Å²) in [5.41, 5.74) is 5.08. The fourth-order valence-electron chi connectivity index (χ4n) is 7.67. The molecule has 3 saturated heterocycles. The first-order valence-electron chi connectivity index (χ1n) is 20.1. The summed E-state index contributed by atoms with van der Waals surface area (Å²) in [6.45, 7) is 1.87. The molecule has 3 aliphatic rings. The van der Waals surface area contributed by atoms with Gasteiger partial charge in [-0.1, -0.05) is 152 Å². The van der Waals surface area contributed by atoms with Crippen LogP contribution in [0.5, 0.6) is 0 Å². The van der Waals surface area contributed by atoms with E-state index in [-0.39, 0.29) is 18.8 Å². The van der Waals surface area contributed by atoms with Gasteiger partial charge in [-0.3, -0.25) is 0 Å². The molecule has 10 nitrogen and oxygen atoms in total. The second kappa shape index (κ2) is 20.6. The Balaban J connectivity index is 1.02. The van der Waals surface area contributed by atoms with Gasteiger partial charge in [0.1, 0.15) is 36.6 Å². The Kier molecular flexibility index (Phi) is 14.4. The number of hydrogen-bond acceptors (Lipinski definition) is 10. The molecule has 0 amide bonds. The van der Waals surface area contributed by atoms with Crippen LogP contribution in [-0.2, 0) is 73.8 Å². The van der Waals surface area contributed by atoms with E-state index < -0.39 is 49.4 Å². The second-order valence-corrected chi connectivity index (χ2v) is 14.7. The third kappa shape index (κ3) is 10.7. The van der Waals surface area contributed by atoms with Crippen molar-refractivity contribution in [2.24, 2.45) is 0 Å². The minimum Gasteiger partial charge on any atom is -0.371 e. The number of rotatable bonds is 17. The fraction of sp³-hybridized carbons (Fsp3) is 0.375. The maximum Gasteiger partial charge on any atom is 0.186 e. The molecule has 1 unspecified atom stereocenters. The first-order chi connectivity index (χ1) is 28.7. The number of methoxy groups -OCH3 is 1. The van der Waals surface area contributed by atoms with Gasteiger partial charge in [0.2, 0.25) is 0 Å². The van der Waals surface area contributed by atoms with E-state index in [4.69, 9.17) is 47.4 Å². The van der Waals surface area contributed by atoms with Gasteiger partial charge in [-0.15, -0.1) is 0 Å². The van der Waals surface area contributed by atoms with Gasteiger partial charge < -0.3 is 47.4 Å². The molecule has 5 aromatic carbocycles. The fourth-order valence-corrected chi connectivity index (χ4v) is 7.67. The molecule has 0 spiro atoms. The van der Waals surface area contributed by atoms with E-state index in [9.17, 15) is 0 Å². The molecule has 3 heterocycles. The molecule has 304 valence electrons. The largest absolute Gasteiger partial charge is 0.371 e. The van der Waals surface area contributed by atoms with Crippen LogP contribution in [0.2, 0.25) is 0 Å². The lowest BCUT2D eigenvalue weighted by Gasteiger charge is -2.47. The minimum atomic E-state index is -0.775. The van der Waals surface area contributed by atoms with Gasteiger partial charge in [0.25, 0.3) is 0 Å². The Bertz CT molecular complexity index is 1900. The van der Waals surface area contributed by atoms with Crippen molar-refractivity contribution in [1.82, 2.24) is 0 Å². The standard InChI is InChI=1S/C48H52O10/c1-49-48-46(54-31-37-23-13-5-14-24-37)45(53-30-36-21-11-4-12-22-36)44(52-29-35-19-9-3-10-20-35)41(57-48)32-51-42-27-39(50-28-34-17-7-2-8-18-34)43-40(56-42)33-55-47(58-43)38-25-15-6-16-26-38/h2-26,39-48H,27-33H2,1H3/t39-,40-,41-,42-,43+,44-,45+,46+,47?,48+/m1/s1. The highest BCUT2D eigenvalue weighted by molar-refractivity contribution is 5.18. The highest BCUT2D eigenvalue weighted by Crippen LogP contribution is 2.37. The highest BCUT2D eigenvalue weighted by Gasteiger charge is 2.50. The summed E-state index contributed by atoms with van der Waals surface area (Å²) in [6, 6.07) is 50.2. The quantitative estimate of drug-likeness (QED) is 0.0925. The van der Waals surface area contributed by atoms with E-state index in [1.165, 1.54) is 0 Å². The van der Waals surface area contributed by atoms with Gasteiger partial charge in [0, 0.05) is 19.1 Å². The van der Waals surface area contributed by atoms with E-state index in [1.54, 1.807) is 7.11 Å². The zero-order valence-electron chi connectivity index (χ0n) is 32.7.